The van der Waals surface area contributed by atoms with E-state index in [2.05, 4.69) is 4.98 Å². The van der Waals surface area contributed by atoms with Gasteiger partial charge >= 0.3 is 0 Å². The molecule has 3 heteroatoms. The molecule has 0 radical (unpaired) electrons. The number of aromatic nitrogens is 1. The second-order valence-electron chi connectivity index (χ2n) is 3.25. The lowest BCUT2D eigenvalue weighted by Gasteiger charge is -2.05. The van der Waals surface area contributed by atoms with Gasteiger partial charge in [-0.1, -0.05) is 23.7 Å². The summed E-state index contributed by atoms with van der Waals surface area (Å²) in [6.45, 7) is 0.510. The molecule has 2 rings (SSSR count). The van der Waals surface area contributed by atoms with Crippen molar-refractivity contribution < 1.29 is 0 Å². The van der Waals surface area contributed by atoms with Crippen molar-refractivity contribution in [3.05, 3.63) is 53.3 Å². The number of hydrogen-bond acceptors (Lipinski definition) is 2. The Morgan fingerprint density at radius 1 is 1.13 bits per heavy atom. The topological polar surface area (TPSA) is 38.9 Å². The minimum absolute atomic E-state index is 0.510. The highest BCUT2D eigenvalue weighted by Crippen LogP contribution is 2.27. The number of nitrogens with two attached hydrogens (primary N) is 1. The summed E-state index contributed by atoms with van der Waals surface area (Å²) in [6, 6.07) is 9.74. The quantitative estimate of drug-likeness (QED) is 0.842. The van der Waals surface area contributed by atoms with Gasteiger partial charge in [-0.05, 0) is 29.3 Å². The van der Waals surface area contributed by atoms with Crippen LogP contribution in [0.1, 0.15) is 5.56 Å². The third-order valence-corrected chi connectivity index (χ3v) is 2.57. The number of halogens is 1. The summed E-state index contributed by atoms with van der Waals surface area (Å²) in [5.74, 6) is 0. The molecule has 0 aliphatic carbocycles. The highest BCUT2D eigenvalue weighted by molar-refractivity contribution is 6.33. The zero-order valence-electron chi connectivity index (χ0n) is 8.15. The Labute approximate surface area is 93.7 Å². The van der Waals surface area contributed by atoms with E-state index in [1.165, 1.54) is 0 Å². The first kappa shape index (κ1) is 10.1. The van der Waals surface area contributed by atoms with Gasteiger partial charge in [0, 0.05) is 29.5 Å². The third kappa shape index (κ3) is 2.17. The summed E-state index contributed by atoms with van der Waals surface area (Å²) in [5.41, 5.74) is 8.66. The Balaban J connectivity index is 2.46. The van der Waals surface area contributed by atoms with Crippen LogP contribution in [0.25, 0.3) is 11.1 Å². The summed E-state index contributed by atoms with van der Waals surface area (Å²) in [6.07, 6.45) is 3.50. The molecule has 0 saturated heterocycles. The predicted molar refractivity (Wildman–Crippen MR) is 62.6 cm³/mol. The largest absolute Gasteiger partial charge is 0.326 e. The molecule has 0 bridgehead atoms. The highest BCUT2D eigenvalue weighted by Gasteiger charge is 2.03. The van der Waals surface area contributed by atoms with Crippen molar-refractivity contribution in [3.8, 4) is 11.1 Å². The van der Waals surface area contributed by atoms with Crippen molar-refractivity contribution in [2.45, 2.75) is 6.54 Å². The molecule has 2 nitrogen and oxygen atoms in total. The molecule has 0 aliphatic heterocycles. The van der Waals surface area contributed by atoms with E-state index in [0.29, 0.717) is 6.54 Å². The third-order valence-electron chi connectivity index (χ3n) is 2.26. The molecule has 0 amide bonds. The van der Waals surface area contributed by atoms with Crippen LogP contribution in [0.2, 0.25) is 5.02 Å². The number of rotatable bonds is 2. The zero-order chi connectivity index (χ0) is 10.7. The Hall–Kier alpha value is -1.38. The van der Waals surface area contributed by atoms with Gasteiger partial charge in [0.15, 0.2) is 0 Å². The molecule has 0 saturated carbocycles. The fourth-order valence-corrected chi connectivity index (χ4v) is 1.76. The SMILES string of the molecule is NCc1ccc(-c2ccncc2)c(Cl)c1. The number of pyridine rings is 1. The van der Waals surface area contributed by atoms with Gasteiger partial charge in [0.05, 0.1) is 0 Å². The van der Waals surface area contributed by atoms with E-state index in [9.17, 15) is 0 Å². The Kier molecular flexibility index (Phi) is 2.99. The Morgan fingerprint density at radius 3 is 2.47 bits per heavy atom. The van der Waals surface area contributed by atoms with Gasteiger partial charge in [-0.2, -0.15) is 0 Å². The molecule has 2 N–H and O–H groups in total. The Bertz CT molecular complexity index is 454. The standard InChI is InChI=1S/C12H11ClN2/c13-12-7-9(8-14)1-2-11(12)10-3-5-15-6-4-10/h1-7H,8,14H2. The molecule has 0 fully saturated rings. The first-order chi connectivity index (χ1) is 7.31. The van der Waals surface area contributed by atoms with Crippen LogP contribution in [-0.2, 0) is 6.54 Å². The maximum Gasteiger partial charge on any atom is 0.0487 e. The monoisotopic (exact) mass is 218 g/mol. The maximum absolute atomic E-state index is 6.17. The van der Waals surface area contributed by atoms with Crippen LogP contribution in [0, 0.1) is 0 Å². The smallest absolute Gasteiger partial charge is 0.0487 e. The van der Waals surface area contributed by atoms with E-state index in [1.807, 2.05) is 30.3 Å². The number of hydrogen-bond donors (Lipinski definition) is 1. The fourth-order valence-electron chi connectivity index (χ4n) is 1.45. The molecule has 76 valence electrons. The van der Waals surface area contributed by atoms with Crippen LogP contribution in [0.4, 0.5) is 0 Å². The van der Waals surface area contributed by atoms with Gasteiger partial charge in [-0.3, -0.25) is 4.98 Å². The molecule has 1 aromatic carbocycles. The van der Waals surface area contributed by atoms with Gasteiger partial charge in [-0.25, -0.2) is 0 Å². The molecule has 15 heavy (non-hydrogen) atoms. The molecule has 0 spiro atoms. The van der Waals surface area contributed by atoms with E-state index in [1.54, 1.807) is 12.4 Å². The lowest BCUT2D eigenvalue weighted by atomic mass is 10.1. The fraction of sp³-hybridized carbons (Fsp3) is 0.0833. The first-order valence-electron chi connectivity index (χ1n) is 4.70. The van der Waals surface area contributed by atoms with Crippen LogP contribution in [0.15, 0.2) is 42.7 Å². The predicted octanol–water partition coefficient (Wildman–Crippen LogP) is 2.86. The molecular formula is C12H11ClN2. The second-order valence-corrected chi connectivity index (χ2v) is 3.66. The van der Waals surface area contributed by atoms with Crippen LogP contribution in [0.3, 0.4) is 0 Å². The second kappa shape index (κ2) is 4.43. The average Bonchev–Trinajstić information content (AvgIpc) is 2.30. The zero-order valence-corrected chi connectivity index (χ0v) is 8.91. The van der Waals surface area contributed by atoms with E-state index in [0.717, 1.165) is 21.7 Å². The van der Waals surface area contributed by atoms with Crippen molar-refractivity contribution in [2.24, 2.45) is 5.73 Å². The van der Waals surface area contributed by atoms with Crippen molar-refractivity contribution in [1.29, 1.82) is 0 Å². The van der Waals surface area contributed by atoms with E-state index >= 15 is 0 Å². The summed E-state index contributed by atoms with van der Waals surface area (Å²) >= 11 is 6.17. The lowest BCUT2D eigenvalue weighted by molar-refractivity contribution is 1.07. The lowest BCUT2D eigenvalue weighted by Crippen LogP contribution is -1.95. The molecular weight excluding hydrogens is 208 g/mol. The van der Waals surface area contributed by atoms with E-state index in [-0.39, 0.29) is 0 Å². The van der Waals surface area contributed by atoms with Gasteiger partial charge < -0.3 is 5.73 Å². The van der Waals surface area contributed by atoms with Crippen molar-refractivity contribution in [2.75, 3.05) is 0 Å². The molecule has 0 atom stereocenters. The minimum atomic E-state index is 0.510. The first-order valence-corrected chi connectivity index (χ1v) is 5.08. The minimum Gasteiger partial charge on any atom is -0.326 e. The van der Waals surface area contributed by atoms with Gasteiger partial charge in [0.1, 0.15) is 0 Å². The normalized spacial score (nSPS) is 10.3. The van der Waals surface area contributed by atoms with Crippen molar-refractivity contribution in [1.82, 2.24) is 4.98 Å². The number of benzene rings is 1. The van der Waals surface area contributed by atoms with Crippen LogP contribution in [-0.4, -0.2) is 4.98 Å². The molecule has 1 aromatic heterocycles. The summed E-state index contributed by atoms with van der Waals surface area (Å²) in [5, 5.41) is 0.726. The molecule has 0 aliphatic rings. The van der Waals surface area contributed by atoms with E-state index in [4.69, 9.17) is 17.3 Å². The van der Waals surface area contributed by atoms with Gasteiger partial charge in [0.2, 0.25) is 0 Å². The molecule has 2 aromatic rings. The summed E-state index contributed by atoms with van der Waals surface area (Å²) < 4.78 is 0. The van der Waals surface area contributed by atoms with E-state index < -0.39 is 0 Å². The van der Waals surface area contributed by atoms with Crippen molar-refractivity contribution >= 4 is 11.6 Å². The highest BCUT2D eigenvalue weighted by atomic mass is 35.5. The van der Waals surface area contributed by atoms with Crippen LogP contribution in [0.5, 0.6) is 0 Å². The maximum atomic E-state index is 6.17. The van der Waals surface area contributed by atoms with Crippen molar-refractivity contribution in [3.63, 3.8) is 0 Å². The van der Waals surface area contributed by atoms with Gasteiger partial charge in [-0.15, -0.1) is 0 Å². The average molecular weight is 219 g/mol. The van der Waals surface area contributed by atoms with Crippen LogP contribution < -0.4 is 5.73 Å². The van der Waals surface area contributed by atoms with Crippen LogP contribution >= 0.6 is 11.6 Å². The summed E-state index contributed by atoms with van der Waals surface area (Å²) in [4.78, 5) is 3.97. The summed E-state index contributed by atoms with van der Waals surface area (Å²) in [7, 11) is 0. The molecule has 1 heterocycles. The number of nitrogens with zero attached hydrogens (tertiary/aromatic N) is 1. The molecule has 0 unspecified atom stereocenters. The Morgan fingerprint density at radius 2 is 1.87 bits per heavy atom. The van der Waals surface area contributed by atoms with Gasteiger partial charge in [0.25, 0.3) is 0 Å².